The minimum atomic E-state index is -2.10. The minimum absolute atomic E-state index is 0.0954. The molecule has 0 fully saturated rings. The predicted octanol–water partition coefficient (Wildman–Crippen LogP) is 4.38. The number of nitrogens with one attached hydrogen (secondary N) is 1. The van der Waals surface area contributed by atoms with Gasteiger partial charge in [-0.2, -0.15) is 0 Å². The molecule has 35 heavy (non-hydrogen) atoms. The normalized spacial score (nSPS) is 12.2. The summed E-state index contributed by atoms with van der Waals surface area (Å²) < 4.78 is 11.3. The zero-order valence-electron chi connectivity index (χ0n) is 18.9. The molecule has 3 rings (SSSR count). The Kier molecular flexibility index (Phi) is 8.58. The summed E-state index contributed by atoms with van der Waals surface area (Å²) >= 11 is 2.05. The van der Waals surface area contributed by atoms with E-state index in [0.29, 0.717) is 5.69 Å². The molecule has 0 saturated carbocycles. The van der Waals surface area contributed by atoms with E-state index in [2.05, 4.69) is 5.32 Å². The fourth-order valence-corrected chi connectivity index (χ4v) is 3.73. The maximum Gasteiger partial charge on any atom is 0.349 e. The fourth-order valence-electron chi connectivity index (χ4n) is 3.18. The number of carboxylic acid groups (broad SMARTS) is 1. The molecule has 0 saturated heterocycles. The summed E-state index contributed by atoms with van der Waals surface area (Å²) in [6.07, 6.45) is -4.06. The van der Waals surface area contributed by atoms with Gasteiger partial charge in [0.15, 0.2) is 0 Å². The van der Waals surface area contributed by atoms with Crippen LogP contribution in [-0.4, -0.2) is 41.1 Å². The fraction of sp³-hybridized carbons (Fsp3) is 0.154. The van der Waals surface area contributed by atoms with E-state index in [0.717, 1.165) is 14.7 Å². The summed E-state index contributed by atoms with van der Waals surface area (Å²) in [6.45, 7) is 3.52. The van der Waals surface area contributed by atoms with Gasteiger partial charge >= 0.3 is 17.9 Å². The van der Waals surface area contributed by atoms with Crippen molar-refractivity contribution in [3.05, 3.63) is 98.6 Å². The van der Waals surface area contributed by atoms with E-state index in [9.17, 15) is 24.3 Å². The van der Waals surface area contributed by atoms with Gasteiger partial charge in [-0.15, -0.1) is 0 Å². The zero-order valence-corrected chi connectivity index (χ0v) is 21.0. The summed E-state index contributed by atoms with van der Waals surface area (Å²) in [5, 5.41) is 12.4. The van der Waals surface area contributed by atoms with Crippen LogP contribution in [0.5, 0.6) is 0 Å². The van der Waals surface area contributed by atoms with Crippen LogP contribution in [0.25, 0.3) is 0 Å². The van der Waals surface area contributed by atoms with Crippen molar-refractivity contribution in [2.45, 2.75) is 26.1 Å². The number of hydrogen-bond donors (Lipinski definition) is 2. The zero-order chi connectivity index (χ0) is 25.5. The third-order valence-electron chi connectivity index (χ3n) is 4.84. The molecule has 0 unspecified atom stereocenters. The number of aliphatic carboxylic acids is 1. The standard InChI is InChI=1S/C26H22INO7/c1-15-6-3-8-17(12-15)25(32)34-21(23(29)28-20-11-5-10-19(27)14-20)22(24(30)31)35-26(33)18-9-4-7-16(2)13-18/h3-14,21-22H,1-2H3,(H,28,29)(H,30,31)/t21-,22+/m0/s1. The minimum Gasteiger partial charge on any atom is -0.478 e. The number of carboxylic acids is 1. The maximum absolute atomic E-state index is 13.1. The average molecular weight is 587 g/mol. The van der Waals surface area contributed by atoms with Gasteiger partial charge in [-0.1, -0.05) is 41.5 Å². The van der Waals surface area contributed by atoms with Crippen molar-refractivity contribution in [2.75, 3.05) is 5.32 Å². The SMILES string of the molecule is Cc1cccc(C(=O)O[C@H](C(=O)Nc2cccc(I)c2)[C@@H](OC(=O)c2cccc(C)c2)C(=O)O)c1. The largest absolute Gasteiger partial charge is 0.478 e. The summed E-state index contributed by atoms with van der Waals surface area (Å²) in [7, 11) is 0. The molecule has 0 bridgehead atoms. The van der Waals surface area contributed by atoms with Crippen LogP contribution in [0, 0.1) is 17.4 Å². The number of esters is 2. The van der Waals surface area contributed by atoms with Crippen LogP contribution in [-0.2, 0) is 19.1 Å². The van der Waals surface area contributed by atoms with Crippen LogP contribution in [0.2, 0.25) is 0 Å². The summed E-state index contributed by atoms with van der Waals surface area (Å²) in [4.78, 5) is 50.7. The molecule has 2 N–H and O–H groups in total. The van der Waals surface area contributed by atoms with Gasteiger partial charge in [-0.3, -0.25) is 4.79 Å². The highest BCUT2D eigenvalue weighted by Crippen LogP contribution is 2.18. The Labute approximate surface area is 215 Å². The third-order valence-corrected chi connectivity index (χ3v) is 5.52. The number of rotatable bonds is 8. The number of carbonyl (C=O) groups excluding carboxylic acids is 3. The Morgan fingerprint density at radius 1 is 0.771 bits per heavy atom. The summed E-state index contributed by atoms with van der Waals surface area (Å²) in [6, 6.07) is 19.5. The molecule has 0 aliphatic heterocycles. The van der Waals surface area contributed by atoms with E-state index in [1.54, 1.807) is 62.4 Å². The monoisotopic (exact) mass is 587 g/mol. The van der Waals surface area contributed by atoms with Crippen molar-refractivity contribution in [1.82, 2.24) is 0 Å². The first-order chi connectivity index (χ1) is 16.6. The number of hydrogen-bond acceptors (Lipinski definition) is 6. The highest BCUT2D eigenvalue weighted by molar-refractivity contribution is 14.1. The van der Waals surface area contributed by atoms with Crippen LogP contribution in [0.4, 0.5) is 5.69 Å². The van der Waals surface area contributed by atoms with Crippen molar-refractivity contribution in [2.24, 2.45) is 0 Å². The Balaban J connectivity index is 1.92. The quantitative estimate of drug-likeness (QED) is 0.297. The van der Waals surface area contributed by atoms with Gasteiger partial charge in [0.05, 0.1) is 11.1 Å². The van der Waals surface area contributed by atoms with Crippen LogP contribution in [0.1, 0.15) is 31.8 Å². The van der Waals surface area contributed by atoms with Gasteiger partial charge in [0, 0.05) is 9.26 Å². The molecule has 3 aromatic carbocycles. The van der Waals surface area contributed by atoms with Gasteiger partial charge < -0.3 is 19.9 Å². The molecule has 8 nitrogen and oxygen atoms in total. The Morgan fingerprint density at radius 3 is 1.77 bits per heavy atom. The van der Waals surface area contributed by atoms with E-state index < -0.39 is 36.0 Å². The van der Waals surface area contributed by atoms with Crippen LogP contribution in [0.15, 0.2) is 72.8 Å². The Morgan fingerprint density at radius 2 is 1.29 bits per heavy atom. The number of ether oxygens (including phenoxy) is 2. The van der Waals surface area contributed by atoms with E-state index in [1.165, 1.54) is 24.3 Å². The second kappa shape index (κ2) is 11.6. The summed E-state index contributed by atoms with van der Waals surface area (Å²) in [5.74, 6) is -4.52. The smallest absolute Gasteiger partial charge is 0.349 e. The van der Waals surface area contributed by atoms with Gasteiger partial charge in [0.25, 0.3) is 5.91 Å². The molecule has 0 heterocycles. The van der Waals surface area contributed by atoms with E-state index in [1.807, 2.05) is 22.6 Å². The molecule has 0 aromatic heterocycles. The van der Waals surface area contributed by atoms with Gasteiger partial charge in [-0.05, 0) is 78.9 Å². The van der Waals surface area contributed by atoms with Gasteiger partial charge in [-0.25, -0.2) is 14.4 Å². The van der Waals surface area contributed by atoms with Crippen molar-refractivity contribution in [3.63, 3.8) is 0 Å². The van der Waals surface area contributed by atoms with Crippen LogP contribution in [0.3, 0.4) is 0 Å². The van der Waals surface area contributed by atoms with Crippen LogP contribution >= 0.6 is 22.6 Å². The van der Waals surface area contributed by atoms with Gasteiger partial charge in [0.2, 0.25) is 12.2 Å². The predicted molar refractivity (Wildman–Crippen MR) is 136 cm³/mol. The molecule has 1 amide bonds. The molecule has 0 radical (unpaired) electrons. The van der Waals surface area contributed by atoms with Crippen molar-refractivity contribution < 1.29 is 33.8 Å². The first-order valence-electron chi connectivity index (χ1n) is 10.5. The number of benzene rings is 3. The van der Waals surface area contributed by atoms with Crippen molar-refractivity contribution in [3.8, 4) is 0 Å². The maximum atomic E-state index is 13.1. The lowest BCUT2D eigenvalue weighted by Crippen LogP contribution is -2.48. The summed E-state index contributed by atoms with van der Waals surface area (Å²) in [5.41, 5.74) is 2.09. The number of aryl methyl sites for hydroxylation is 2. The number of halogens is 1. The first kappa shape index (κ1) is 25.9. The lowest BCUT2D eigenvalue weighted by molar-refractivity contribution is -0.157. The lowest BCUT2D eigenvalue weighted by Gasteiger charge is -2.23. The highest BCUT2D eigenvalue weighted by Gasteiger charge is 2.41. The molecule has 180 valence electrons. The topological polar surface area (TPSA) is 119 Å². The van der Waals surface area contributed by atoms with E-state index in [4.69, 9.17) is 9.47 Å². The van der Waals surface area contributed by atoms with Crippen LogP contribution < -0.4 is 5.32 Å². The second-order valence-electron chi connectivity index (χ2n) is 7.73. The number of amides is 1. The molecule has 9 heteroatoms. The van der Waals surface area contributed by atoms with Crippen molar-refractivity contribution in [1.29, 1.82) is 0 Å². The average Bonchev–Trinajstić information content (AvgIpc) is 2.80. The third kappa shape index (κ3) is 7.12. The van der Waals surface area contributed by atoms with Gasteiger partial charge in [0.1, 0.15) is 0 Å². The van der Waals surface area contributed by atoms with E-state index >= 15 is 0 Å². The molecule has 2 atom stereocenters. The first-order valence-corrected chi connectivity index (χ1v) is 11.6. The van der Waals surface area contributed by atoms with Crippen molar-refractivity contribution >= 4 is 52.1 Å². The second-order valence-corrected chi connectivity index (χ2v) is 8.97. The molecular weight excluding hydrogens is 565 g/mol. The number of anilines is 1. The number of carbonyl (C=O) groups is 4. The highest BCUT2D eigenvalue weighted by atomic mass is 127. The molecule has 0 spiro atoms. The molecule has 0 aliphatic rings. The molecule has 0 aliphatic carbocycles. The Bertz CT molecular complexity index is 1270. The molecular formula is C26H22INO7. The Hall–Kier alpha value is -3.73. The lowest BCUT2D eigenvalue weighted by atomic mass is 10.1. The van der Waals surface area contributed by atoms with E-state index in [-0.39, 0.29) is 11.1 Å². The molecule has 3 aromatic rings.